The van der Waals surface area contributed by atoms with E-state index in [1.165, 1.54) is 0 Å². The van der Waals surface area contributed by atoms with Gasteiger partial charge in [-0.3, -0.25) is 0 Å². The third-order valence-electron chi connectivity index (χ3n) is 2.44. The van der Waals surface area contributed by atoms with Gasteiger partial charge in [-0.1, -0.05) is 12.1 Å². The van der Waals surface area contributed by atoms with Gasteiger partial charge in [0.15, 0.2) is 10.6 Å². The molecule has 0 bridgehead atoms. The largest absolute Gasteiger partial charge is 0.497 e. The predicted molar refractivity (Wildman–Crippen MR) is 76.3 cm³/mol. The van der Waals surface area contributed by atoms with Crippen molar-refractivity contribution in [1.82, 2.24) is 0 Å². The van der Waals surface area contributed by atoms with Crippen molar-refractivity contribution in [2.75, 3.05) is 7.11 Å². The first-order valence-electron chi connectivity index (χ1n) is 5.38. The topological polar surface area (TPSA) is 55.8 Å². The second kappa shape index (κ2) is 6.08. The molecule has 1 aromatic heterocycles. The molecule has 0 unspecified atom stereocenters. The second-order valence-corrected chi connectivity index (χ2v) is 5.42. The summed E-state index contributed by atoms with van der Waals surface area (Å²) < 4.78 is 11.3. The summed E-state index contributed by atoms with van der Waals surface area (Å²) in [6, 6.07) is 7.41. The average Bonchev–Trinajstić information content (AvgIpc) is 2.78. The Morgan fingerprint density at radius 1 is 1.37 bits per heavy atom. The van der Waals surface area contributed by atoms with Crippen LogP contribution in [-0.2, 0) is 6.61 Å². The van der Waals surface area contributed by atoms with Gasteiger partial charge in [0.2, 0.25) is 0 Å². The molecule has 1 heterocycles. The van der Waals surface area contributed by atoms with Crippen molar-refractivity contribution in [1.29, 1.82) is 0 Å². The van der Waals surface area contributed by atoms with E-state index in [1.807, 2.05) is 24.3 Å². The zero-order chi connectivity index (χ0) is 13.8. The molecule has 0 aliphatic carbocycles. The molecular weight excluding hydrogens is 332 g/mol. The number of hydrogen-bond acceptors (Lipinski definition) is 4. The smallest absolute Gasteiger partial charge is 0.349 e. The minimum Gasteiger partial charge on any atom is -0.497 e. The van der Waals surface area contributed by atoms with Gasteiger partial charge >= 0.3 is 5.97 Å². The van der Waals surface area contributed by atoms with Crippen molar-refractivity contribution in [2.24, 2.45) is 0 Å². The van der Waals surface area contributed by atoms with E-state index in [-0.39, 0.29) is 4.88 Å². The van der Waals surface area contributed by atoms with Crippen LogP contribution in [-0.4, -0.2) is 18.2 Å². The summed E-state index contributed by atoms with van der Waals surface area (Å²) in [5.41, 5.74) is 0.940. The van der Waals surface area contributed by atoms with Crippen LogP contribution in [0.25, 0.3) is 0 Å². The molecule has 0 fully saturated rings. The number of carboxylic acid groups (broad SMARTS) is 1. The Labute approximate surface area is 122 Å². The molecule has 1 N–H and O–H groups in total. The molecule has 19 heavy (non-hydrogen) atoms. The fourth-order valence-electron chi connectivity index (χ4n) is 1.49. The summed E-state index contributed by atoms with van der Waals surface area (Å²) in [6.07, 6.45) is 0. The van der Waals surface area contributed by atoms with Crippen molar-refractivity contribution in [3.05, 3.63) is 44.6 Å². The molecule has 1 aromatic carbocycles. The van der Waals surface area contributed by atoms with Crippen LogP contribution in [0.4, 0.5) is 0 Å². The van der Waals surface area contributed by atoms with E-state index in [2.05, 4.69) is 15.9 Å². The molecule has 0 atom stereocenters. The molecule has 0 saturated heterocycles. The lowest BCUT2D eigenvalue weighted by Crippen LogP contribution is -2.00. The Kier molecular flexibility index (Phi) is 4.44. The van der Waals surface area contributed by atoms with Crippen molar-refractivity contribution in [3.8, 4) is 11.5 Å². The van der Waals surface area contributed by atoms with Crippen LogP contribution in [0.15, 0.2) is 34.1 Å². The maximum atomic E-state index is 11.0. The van der Waals surface area contributed by atoms with E-state index in [0.717, 1.165) is 22.6 Å². The highest BCUT2D eigenvalue weighted by molar-refractivity contribution is 9.10. The summed E-state index contributed by atoms with van der Waals surface area (Å²) in [4.78, 5) is 11.2. The third kappa shape index (κ3) is 3.27. The van der Waals surface area contributed by atoms with E-state index in [4.69, 9.17) is 14.6 Å². The normalized spacial score (nSPS) is 10.2. The molecule has 6 heteroatoms. The Balaban J connectivity index is 2.09. The van der Waals surface area contributed by atoms with Crippen molar-refractivity contribution >= 4 is 33.2 Å². The Hall–Kier alpha value is -1.53. The molecular formula is C13H11BrO4S. The highest BCUT2D eigenvalue weighted by Crippen LogP contribution is 2.35. The fraction of sp³-hybridized carbons (Fsp3) is 0.154. The van der Waals surface area contributed by atoms with Gasteiger partial charge in [0.05, 0.1) is 11.6 Å². The van der Waals surface area contributed by atoms with Crippen LogP contribution in [0, 0.1) is 0 Å². The Bertz CT molecular complexity index is 577. The van der Waals surface area contributed by atoms with Gasteiger partial charge in [-0.25, -0.2) is 4.79 Å². The monoisotopic (exact) mass is 342 g/mol. The number of carboxylic acids is 1. The van der Waals surface area contributed by atoms with Gasteiger partial charge in [-0.15, -0.1) is 11.3 Å². The zero-order valence-electron chi connectivity index (χ0n) is 10.1. The number of benzene rings is 1. The van der Waals surface area contributed by atoms with E-state index in [1.54, 1.807) is 12.5 Å². The SMILES string of the molecule is COc1ccc(COc2c(Br)csc2C(=O)O)cc1. The minimum absolute atomic E-state index is 0.195. The third-order valence-corrected chi connectivity index (χ3v) is 4.28. The summed E-state index contributed by atoms with van der Waals surface area (Å²) >= 11 is 4.42. The van der Waals surface area contributed by atoms with Gasteiger partial charge < -0.3 is 14.6 Å². The van der Waals surface area contributed by atoms with Crippen molar-refractivity contribution in [3.63, 3.8) is 0 Å². The molecule has 2 rings (SSSR count). The maximum Gasteiger partial charge on any atom is 0.349 e. The number of halogens is 1. The summed E-state index contributed by atoms with van der Waals surface area (Å²) in [6.45, 7) is 0.305. The maximum absolute atomic E-state index is 11.0. The van der Waals surface area contributed by atoms with Crippen molar-refractivity contribution < 1.29 is 19.4 Å². The first kappa shape index (κ1) is 13.9. The number of rotatable bonds is 5. The van der Waals surface area contributed by atoms with Gasteiger partial charge in [0.25, 0.3) is 0 Å². The molecule has 0 amide bonds. The molecule has 0 spiro atoms. The van der Waals surface area contributed by atoms with E-state index >= 15 is 0 Å². The molecule has 0 radical (unpaired) electrons. The number of ether oxygens (including phenoxy) is 2. The highest BCUT2D eigenvalue weighted by Gasteiger charge is 2.17. The van der Waals surface area contributed by atoms with Crippen LogP contribution in [0.2, 0.25) is 0 Å². The van der Waals surface area contributed by atoms with E-state index in [0.29, 0.717) is 16.8 Å². The van der Waals surface area contributed by atoms with Gasteiger partial charge in [-0.05, 0) is 33.6 Å². The Morgan fingerprint density at radius 3 is 2.63 bits per heavy atom. The first-order valence-corrected chi connectivity index (χ1v) is 7.05. The lowest BCUT2D eigenvalue weighted by molar-refractivity contribution is 0.0697. The summed E-state index contributed by atoms with van der Waals surface area (Å²) in [7, 11) is 1.60. The molecule has 100 valence electrons. The fourth-order valence-corrected chi connectivity index (χ4v) is 2.91. The van der Waals surface area contributed by atoms with Gasteiger partial charge in [-0.2, -0.15) is 0 Å². The predicted octanol–water partition coefficient (Wildman–Crippen LogP) is 3.80. The highest BCUT2D eigenvalue weighted by atomic mass is 79.9. The zero-order valence-corrected chi connectivity index (χ0v) is 12.5. The summed E-state index contributed by atoms with van der Waals surface area (Å²) in [5, 5.41) is 10.7. The molecule has 0 saturated carbocycles. The van der Waals surface area contributed by atoms with E-state index in [9.17, 15) is 4.79 Å². The Morgan fingerprint density at radius 2 is 2.05 bits per heavy atom. The first-order chi connectivity index (χ1) is 9.11. The van der Waals surface area contributed by atoms with Crippen LogP contribution in [0.1, 0.15) is 15.2 Å². The van der Waals surface area contributed by atoms with Crippen LogP contribution in [0.5, 0.6) is 11.5 Å². The van der Waals surface area contributed by atoms with Crippen molar-refractivity contribution in [2.45, 2.75) is 6.61 Å². The molecule has 0 aliphatic rings. The number of thiophene rings is 1. The summed E-state index contributed by atoms with van der Waals surface area (Å²) in [5.74, 6) is 0.153. The van der Waals surface area contributed by atoms with Crippen LogP contribution < -0.4 is 9.47 Å². The molecule has 2 aromatic rings. The van der Waals surface area contributed by atoms with Gasteiger partial charge in [0.1, 0.15) is 12.4 Å². The average molecular weight is 343 g/mol. The lowest BCUT2D eigenvalue weighted by Gasteiger charge is -2.07. The number of methoxy groups -OCH3 is 1. The second-order valence-electron chi connectivity index (χ2n) is 3.68. The van der Waals surface area contributed by atoms with E-state index < -0.39 is 5.97 Å². The van der Waals surface area contributed by atoms with Crippen LogP contribution >= 0.6 is 27.3 Å². The number of carbonyl (C=O) groups is 1. The van der Waals surface area contributed by atoms with Crippen LogP contribution in [0.3, 0.4) is 0 Å². The minimum atomic E-state index is -0.986. The molecule has 4 nitrogen and oxygen atoms in total. The number of hydrogen-bond donors (Lipinski definition) is 1. The molecule has 0 aliphatic heterocycles. The standard InChI is InChI=1S/C13H11BrO4S/c1-17-9-4-2-8(3-5-9)6-18-11-10(14)7-19-12(11)13(15)16/h2-5,7H,6H2,1H3,(H,15,16). The lowest BCUT2D eigenvalue weighted by atomic mass is 10.2. The number of aromatic carboxylic acids is 1. The quantitative estimate of drug-likeness (QED) is 0.897. The van der Waals surface area contributed by atoms with Gasteiger partial charge in [0, 0.05) is 5.38 Å².